The maximum atomic E-state index is 11.5. The van der Waals surface area contributed by atoms with E-state index in [2.05, 4.69) is 10.6 Å². The lowest BCUT2D eigenvalue weighted by Crippen LogP contribution is -2.35. The van der Waals surface area contributed by atoms with E-state index in [1.807, 2.05) is 0 Å². The number of primary amides is 1. The Morgan fingerprint density at radius 3 is 2.26 bits per heavy atom. The van der Waals surface area contributed by atoms with E-state index in [1.54, 1.807) is 24.3 Å². The van der Waals surface area contributed by atoms with Gasteiger partial charge in [0.05, 0.1) is 13.2 Å². The Bertz CT molecular complexity index is 470. The monoisotopic (exact) mass is 265 g/mol. The number of hydrogen-bond acceptors (Lipinski definition) is 4. The third-order valence-electron chi connectivity index (χ3n) is 2.20. The van der Waals surface area contributed by atoms with Gasteiger partial charge < -0.3 is 21.5 Å². The van der Waals surface area contributed by atoms with Crippen molar-refractivity contribution in [1.29, 1.82) is 0 Å². The molecule has 0 unspecified atom stereocenters. The normalized spacial score (nSPS) is 9.74. The molecular weight excluding hydrogens is 250 g/mol. The molecule has 0 spiro atoms. The fourth-order valence-electron chi connectivity index (χ4n) is 1.30. The topological polar surface area (TPSA) is 122 Å². The van der Waals surface area contributed by atoms with Crippen LogP contribution in [-0.2, 0) is 21.0 Å². The molecular formula is C12H15N3O4. The Hall–Kier alpha value is -2.41. The molecule has 0 saturated heterocycles. The average Bonchev–Trinajstić information content (AvgIpc) is 2.36. The number of aliphatic hydroxyl groups excluding tert-OH is 1. The second kappa shape index (κ2) is 7.12. The summed E-state index contributed by atoms with van der Waals surface area (Å²) in [7, 11) is 0. The van der Waals surface area contributed by atoms with Crippen molar-refractivity contribution < 1.29 is 19.5 Å². The van der Waals surface area contributed by atoms with Crippen molar-refractivity contribution in [3.8, 4) is 0 Å². The van der Waals surface area contributed by atoms with Crippen molar-refractivity contribution in [2.45, 2.75) is 13.0 Å². The Labute approximate surface area is 109 Å². The largest absolute Gasteiger partial charge is 0.392 e. The molecule has 0 heterocycles. The molecule has 0 aliphatic carbocycles. The molecule has 0 atom stereocenters. The average molecular weight is 265 g/mol. The molecule has 1 rings (SSSR count). The van der Waals surface area contributed by atoms with Gasteiger partial charge in [0, 0.05) is 5.69 Å². The molecule has 0 radical (unpaired) electrons. The first-order valence-corrected chi connectivity index (χ1v) is 5.56. The fraction of sp³-hybridized carbons (Fsp3) is 0.250. The molecule has 7 nitrogen and oxygen atoms in total. The van der Waals surface area contributed by atoms with E-state index in [9.17, 15) is 14.4 Å². The number of aliphatic hydroxyl groups is 1. The van der Waals surface area contributed by atoms with Gasteiger partial charge in [-0.25, -0.2) is 0 Å². The molecule has 0 aliphatic rings. The van der Waals surface area contributed by atoms with Crippen LogP contribution in [0.5, 0.6) is 0 Å². The lowest BCUT2D eigenvalue weighted by molar-refractivity contribution is -0.129. The summed E-state index contributed by atoms with van der Waals surface area (Å²) in [6, 6.07) is 6.60. The van der Waals surface area contributed by atoms with E-state index < -0.39 is 24.1 Å². The van der Waals surface area contributed by atoms with Crippen LogP contribution in [0.2, 0.25) is 0 Å². The van der Waals surface area contributed by atoms with Gasteiger partial charge in [-0.1, -0.05) is 12.1 Å². The highest BCUT2D eigenvalue weighted by Gasteiger charge is 2.08. The number of carbonyl (C=O) groups excluding carboxylic acids is 3. The van der Waals surface area contributed by atoms with Crippen LogP contribution < -0.4 is 16.4 Å². The third-order valence-corrected chi connectivity index (χ3v) is 2.20. The maximum absolute atomic E-state index is 11.5. The number of nitrogens with one attached hydrogen (secondary N) is 2. The summed E-state index contributed by atoms with van der Waals surface area (Å²) in [4.78, 5) is 33.0. The predicted molar refractivity (Wildman–Crippen MR) is 67.8 cm³/mol. The van der Waals surface area contributed by atoms with Crippen molar-refractivity contribution in [3.05, 3.63) is 29.8 Å². The van der Waals surface area contributed by atoms with Crippen molar-refractivity contribution in [2.75, 3.05) is 11.9 Å². The van der Waals surface area contributed by atoms with Gasteiger partial charge >= 0.3 is 0 Å². The summed E-state index contributed by atoms with van der Waals surface area (Å²) in [5, 5.41) is 13.7. The zero-order valence-electron chi connectivity index (χ0n) is 10.2. The van der Waals surface area contributed by atoms with Gasteiger partial charge in [-0.2, -0.15) is 0 Å². The van der Waals surface area contributed by atoms with Crippen LogP contribution in [0.3, 0.4) is 0 Å². The lowest BCUT2D eigenvalue weighted by Gasteiger charge is -2.06. The van der Waals surface area contributed by atoms with E-state index in [0.29, 0.717) is 5.69 Å². The third kappa shape index (κ3) is 5.64. The van der Waals surface area contributed by atoms with Crippen LogP contribution in [0.25, 0.3) is 0 Å². The zero-order valence-corrected chi connectivity index (χ0v) is 10.2. The van der Waals surface area contributed by atoms with Gasteiger partial charge in [-0.05, 0) is 17.7 Å². The second-order valence-corrected chi connectivity index (χ2v) is 3.82. The van der Waals surface area contributed by atoms with Crippen LogP contribution in [0, 0.1) is 0 Å². The molecule has 0 bridgehead atoms. The Morgan fingerprint density at radius 2 is 1.74 bits per heavy atom. The van der Waals surface area contributed by atoms with Gasteiger partial charge in [0.1, 0.15) is 6.42 Å². The van der Waals surface area contributed by atoms with Crippen molar-refractivity contribution >= 4 is 23.4 Å². The summed E-state index contributed by atoms with van der Waals surface area (Å²) in [5.74, 6) is -1.77. The highest BCUT2D eigenvalue weighted by atomic mass is 16.3. The molecule has 1 aromatic rings. The summed E-state index contributed by atoms with van der Waals surface area (Å²) < 4.78 is 0. The van der Waals surface area contributed by atoms with E-state index in [1.165, 1.54) is 0 Å². The van der Waals surface area contributed by atoms with Gasteiger partial charge in [0.15, 0.2) is 0 Å². The number of hydrogen-bond donors (Lipinski definition) is 4. The van der Waals surface area contributed by atoms with Crippen LogP contribution in [0.4, 0.5) is 5.69 Å². The maximum Gasteiger partial charge on any atom is 0.243 e. The molecule has 0 saturated carbocycles. The SMILES string of the molecule is NC(=O)CC(=O)NCC(=O)Nc1ccc(CO)cc1. The smallest absolute Gasteiger partial charge is 0.243 e. The number of amides is 3. The first kappa shape index (κ1) is 14.7. The Balaban J connectivity index is 2.38. The van der Waals surface area contributed by atoms with Crippen molar-refractivity contribution in [3.63, 3.8) is 0 Å². The molecule has 102 valence electrons. The first-order chi connectivity index (χ1) is 9.01. The summed E-state index contributed by atoms with van der Waals surface area (Å²) in [6.07, 6.45) is -0.446. The van der Waals surface area contributed by atoms with E-state index in [4.69, 9.17) is 10.8 Å². The minimum absolute atomic E-state index is 0.0720. The van der Waals surface area contributed by atoms with E-state index in [-0.39, 0.29) is 13.2 Å². The zero-order chi connectivity index (χ0) is 14.3. The van der Waals surface area contributed by atoms with Crippen LogP contribution >= 0.6 is 0 Å². The molecule has 0 aromatic heterocycles. The van der Waals surface area contributed by atoms with E-state index >= 15 is 0 Å². The quantitative estimate of drug-likeness (QED) is 0.498. The first-order valence-electron chi connectivity index (χ1n) is 5.56. The van der Waals surface area contributed by atoms with Crippen LogP contribution in [0.15, 0.2) is 24.3 Å². The number of anilines is 1. The van der Waals surface area contributed by atoms with Gasteiger partial charge in [-0.15, -0.1) is 0 Å². The van der Waals surface area contributed by atoms with E-state index in [0.717, 1.165) is 5.56 Å². The predicted octanol–water partition coefficient (Wildman–Crippen LogP) is -0.891. The number of benzene rings is 1. The van der Waals surface area contributed by atoms with Crippen LogP contribution in [-0.4, -0.2) is 29.4 Å². The van der Waals surface area contributed by atoms with Crippen molar-refractivity contribution in [1.82, 2.24) is 5.32 Å². The highest BCUT2D eigenvalue weighted by Crippen LogP contribution is 2.08. The minimum atomic E-state index is -0.752. The van der Waals surface area contributed by atoms with Gasteiger partial charge in [-0.3, -0.25) is 14.4 Å². The Kier molecular flexibility index (Phi) is 5.49. The van der Waals surface area contributed by atoms with Gasteiger partial charge in [0.25, 0.3) is 0 Å². The summed E-state index contributed by atoms with van der Waals surface area (Å²) in [5.41, 5.74) is 6.11. The molecule has 3 amide bonds. The summed E-state index contributed by atoms with van der Waals surface area (Å²) in [6.45, 7) is -0.314. The number of carbonyl (C=O) groups is 3. The standard InChI is InChI=1S/C12H15N3O4/c13-10(17)5-11(18)14-6-12(19)15-9-3-1-8(7-16)2-4-9/h1-4,16H,5-7H2,(H2,13,17)(H,14,18)(H,15,19). The molecule has 7 heteroatoms. The molecule has 0 aliphatic heterocycles. The highest BCUT2D eigenvalue weighted by molar-refractivity contribution is 5.99. The molecule has 1 aromatic carbocycles. The second-order valence-electron chi connectivity index (χ2n) is 3.82. The number of nitrogens with two attached hydrogens (primary N) is 1. The molecule has 19 heavy (non-hydrogen) atoms. The lowest BCUT2D eigenvalue weighted by atomic mass is 10.2. The fourth-order valence-corrected chi connectivity index (χ4v) is 1.30. The molecule has 0 fully saturated rings. The minimum Gasteiger partial charge on any atom is -0.392 e. The number of rotatable bonds is 6. The van der Waals surface area contributed by atoms with Crippen LogP contribution in [0.1, 0.15) is 12.0 Å². The Morgan fingerprint density at radius 1 is 1.11 bits per heavy atom. The summed E-state index contributed by atoms with van der Waals surface area (Å²) >= 11 is 0. The molecule has 5 N–H and O–H groups in total. The van der Waals surface area contributed by atoms with Crippen molar-refractivity contribution in [2.24, 2.45) is 5.73 Å². The van der Waals surface area contributed by atoms with Gasteiger partial charge in [0.2, 0.25) is 17.7 Å².